The molecule has 0 radical (unpaired) electrons. The molecule has 1 aromatic heterocycles. The zero-order valence-corrected chi connectivity index (χ0v) is 5.50. The summed E-state index contributed by atoms with van der Waals surface area (Å²) in [5, 5.41) is 16.7. The predicted octanol–water partition coefficient (Wildman–Crippen LogP) is -1.43. The summed E-state index contributed by atoms with van der Waals surface area (Å²) in [5.41, 5.74) is -1.17. The number of aromatic nitrogens is 2. The third kappa shape index (κ3) is 1.54. The summed E-state index contributed by atoms with van der Waals surface area (Å²) < 4.78 is 36.8. The van der Waals surface area contributed by atoms with Gasteiger partial charge in [0, 0.05) is 0 Å². The molecule has 2 N–H and O–H groups in total. The van der Waals surface area contributed by atoms with Crippen molar-refractivity contribution < 1.29 is 23.2 Å². The maximum atomic E-state index is 12.4. The van der Waals surface area contributed by atoms with E-state index in [0.29, 0.717) is 0 Å². The molecule has 64 valence electrons. The highest BCUT2D eigenvalue weighted by atomic mass is 19.2. The molecule has 0 bridgehead atoms. The quantitative estimate of drug-likeness (QED) is 0.314. The van der Waals surface area contributed by atoms with Crippen molar-refractivity contribution in [2.75, 3.05) is 0 Å². The third-order valence-electron chi connectivity index (χ3n) is 1.08. The minimum absolute atomic E-state index is 1.17. The van der Waals surface area contributed by atoms with Gasteiger partial charge >= 0.3 is 13.2 Å². The van der Waals surface area contributed by atoms with Crippen molar-refractivity contribution in [1.29, 1.82) is 0 Å². The van der Waals surface area contributed by atoms with Crippen LogP contribution in [0.2, 0.25) is 0 Å². The van der Waals surface area contributed by atoms with Crippen LogP contribution in [0.1, 0.15) is 0 Å². The molecule has 12 heavy (non-hydrogen) atoms. The Balaban J connectivity index is 3.28. The second-order valence-corrected chi connectivity index (χ2v) is 1.86. The van der Waals surface area contributed by atoms with Crippen molar-refractivity contribution >= 4 is 12.6 Å². The van der Waals surface area contributed by atoms with E-state index in [9.17, 15) is 13.2 Å². The van der Waals surface area contributed by atoms with Crippen LogP contribution in [0.25, 0.3) is 0 Å². The van der Waals surface area contributed by atoms with Crippen LogP contribution in [0.15, 0.2) is 0 Å². The van der Waals surface area contributed by atoms with E-state index in [0.717, 1.165) is 0 Å². The molecule has 0 atom stereocenters. The Morgan fingerprint density at radius 2 is 1.42 bits per heavy atom. The summed E-state index contributed by atoms with van der Waals surface area (Å²) >= 11 is 0. The third-order valence-corrected chi connectivity index (χ3v) is 1.08. The second kappa shape index (κ2) is 3.07. The molecule has 0 saturated carbocycles. The smallest absolute Gasteiger partial charge is 0.423 e. The van der Waals surface area contributed by atoms with Crippen LogP contribution in [0, 0.1) is 18.0 Å². The first-order valence-corrected chi connectivity index (χ1v) is 2.77. The van der Waals surface area contributed by atoms with Crippen molar-refractivity contribution in [3.05, 3.63) is 18.0 Å². The van der Waals surface area contributed by atoms with E-state index in [2.05, 4.69) is 9.97 Å². The van der Waals surface area contributed by atoms with Gasteiger partial charge in [0.1, 0.15) is 0 Å². The molecular formula is C4H2BF3N2O2. The maximum Gasteiger partial charge on any atom is 0.497 e. The Morgan fingerprint density at radius 3 is 1.75 bits per heavy atom. The fourth-order valence-corrected chi connectivity index (χ4v) is 0.606. The van der Waals surface area contributed by atoms with Crippen molar-refractivity contribution in [3.8, 4) is 0 Å². The van der Waals surface area contributed by atoms with Gasteiger partial charge in [0.15, 0.2) is 0 Å². The molecule has 0 spiro atoms. The van der Waals surface area contributed by atoms with Gasteiger partial charge in [0.05, 0.1) is 5.46 Å². The maximum absolute atomic E-state index is 12.4. The van der Waals surface area contributed by atoms with Gasteiger partial charge in [-0.2, -0.15) is 23.1 Å². The van der Waals surface area contributed by atoms with E-state index in [1.54, 1.807) is 0 Å². The zero-order valence-electron chi connectivity index (χ0n) is 5.50. The number of rotatable bonds is 1. The zero-order chi connectivity index (χ0) is 9.30. The molecule has 1 heterocycles. The number of hydrogen-bond acceptors (Lipinski definition) is 4. The molecule has 0 aliphatic heterocycles. The highest BCUT2D eigenvalue weighted by molar-refractivity contribution is 6.58. The van der Waals surface area contributed by atoms with Gasteiger partial charge in [0.2, 0.25) is 11.9 Å². The Bertz CT molecular complexity index is 285. The number of halogens is 3. The van der Waals surface area contributed by atoms with Crippen molar-refractivity contribution in [3.63, 3.8) is 0 Å². The topological polar surface area (TPSA) is 66.2 Å². The molecule has 1 rings (SSSR count). The normalized spacial score (nSPS) is 10.1. The van der Waals surface area contributed by atoms with Crippen molar-refractivity contribution in [2.24, 2.45) is 0 Å². The minimum Gasteiger partial charge on any atom is -0.423 e. The lowest BCUT2D eigenvalue weighted by atomic mass is 9.82. The molecule has 0 aliphatic rings. The molecule has 8 heteroatoms. The molecule has 0 amide bonds. The van der Waals surface area contributed by atoms with Crippen LogP contribution in [-0.4, -0.2) is 27.1 Å². The van der Waals surface area contributed by atoms with Gasteiger partial charge in [-0.3, -0.25) is 0 Å². The van der Waals surface area contributed by atoms with Crippen LogP contribution in [-0.2, 0) is 0 Å². The first-order chi connectivity index (χ1) is 5.52. The van der Waals surface area contributed by atoms with E-state index in [1.165, 1.54) is 0 Å². The van der Waals surface area contributed by atoms with Crippen LogP contribution >= 0.6 is 0 Å². The van der Waals surface area contributed by atoms with E-state index < -0.39 is 30.6 Å². The predicted molar refractivity (Wildman–Crippen MR) is 31.7 cm³/mol. The Hall–Kier alpha value is -1.15. The van der Waals surface area contributed by atoms with Gasteiger partial charge in [-0.15, -0.1) is 0 Å². The van der Waals surface area contributed by atoms with Crippen molar-refractivity contribution in [2.45, 2.75) is 0 Å². The molecule has 0 saturated heterocycles. The molecule has 0 aromatic carbocycles. The lowest BCUT2D eigenvalue weighted by Crippen LogP contribution is -2.37. The number of hydrogen-bond donors (Lipinski definition) is 2. The van der Waals surface area contributed by atoms with E-state index in [1.807, 2.05) is 0 Å². The number of nitrogens with zero attached hydrogens (tertiary/aromatic N) is 2. The fourth-order valence-electron chi connectivity index (χ4n) is 0.606. The molecular weight excluding hydrogens is 176 g/mol. The van der Waals surface area contributed by atoms with E-state index in [-0.39, 0.29) is 0 Å². The standard InChI is InChI=1S/C4H2BF3N2O2/c6-2-1(5(11)12)3(7)10-4(8)9-2/h11-12H. The molecule has 4 nitrogen and oxygen atoms in total. The van der Waals surface area contributed by atoms with Gasteiger partial charge in [-0.1, -0.05) is 0 Å². The monoisotopic (exact) mass is 178 g/mol. The van der Waals surface area contributed by atoms with Crippen LogP contribution < -0.4 is 5.46 Å². The van der Waals surface area contributed by atoms with Crippen molar-refractivity contribution in [1.82, 2.24) is 9.97 Å². The van der Waals surface area contributed by atoms with E-state index >= 15 is 0 Å². The summed E-state index contributed by atoms with van der Waals surface area (Å²) in [6, 6.07) is 0. The van der Waals surface area contributed by atoms with Gasteiger partial charge in [-0.25, -0.2) is 0 Å². The van der Waals surface area contributed by atoms with Gasteiger partial charge in [0.25, 0.3) is 0 Å². The van der Waals surface area contributed by atoms with Crippen LogP contribution in [0.3, 0.4) is 0 Å². The Morgan fingerprint density at radius 1 is 1.00 bits per heavy atom. The fraction of sp³-hybridized carbons (Fsp3) is 0. The van der Waals surface area contributed by atoms with Gasteiger partial charge < -0.3 is 10.0 Å². The Labute approximate surface area is 64.8 Å². The SMILES string of the molecule is OB(O)c1c(F)nc(F)nc1F. The average molecular weight is 178 g/mol. The largest absolute Gasteiger partial charge is 0.497 e. The first kappa shape index (κ1) is 8.95. The molecule has 0 unspecified atom stereocenters. The first-order valence-electron chi connectivity index (χ1n) is 2.77. The summed E-state index contributed by atoms with van der Waals surface area (Å²) in [6.45, 7) is 0. The lowest BCUT2D eigenvalue weighted by molar-refractivity contribution is 0.405. The lowest BCUT2D eigenvalue weighted by Gasteiger charge is -2.00. The molecule has 0 fully saturated rings. The van der Waals surface area contributed by atoms with Crippen LogP contribution in [0.4, 0.5) is 13.2 Å². The van der Waals surface area contributed by atoms with Gasteiger partial charge in [-0.05, 0) is 0 Å². The van der Waals surface area contributed by atoms with Crippen LogP contribution in [0.5, 0.6) is 0 Å². The summed E-state index contributed by atoms with van der Waals surface area (Å²) in [7, 11) is -2.40. The summed E-state index contributed by atoms with van der Waals surface area (Å²) in [4.78, 5) is 4.90. The average Bonchev–Trinajstić information content (AvgIpc) is 1.82. The van der Waals surface area contributed by atoms with E-state index in [4.69, 9.17) is 10.0 Å². The highest BCUT2D eigenvalue weighted by Gasteiger charge is 2.25. The molecule has 0 aliphatic carbocycles. The molecule has 1 aromatic rings. The summed E-state index contributed by atoms with van der Waals surface area (Å²) in [6.07, 6.45) is -1.60. The summed E-state index contributed by atoms with van der Waals surface area (Å²) in [5.74, 6) is -3.26. The highest BCUT2D eigenvalue weighted by Crippen LogP contribution is 1.95. The minimum atomic E-state index is -2.40. The second-order valence-electron chi connectivity index (χ2n) is 1.86. The Kier molecular flexibility index (Phi) is 2.29.